The number of hydrogen-bond acceptors (Lipinski definition) is 4. The number of benzene rings is 1. The van der Waals surface area contributed by atoms with E-state index >= 15 is 0 Å². The summed E-state index contributed by atoms with van der Waals surface area (Å²) in [4.78, 5) is 11.7. The van der Waals surface area contributed by atoms with Gasteiger partial charge in [0.25, 0.3) is 0 Å². The van der Waals surface area contributed by atoms with Crippen molar-refractivity contribution in [2.24, 2.45) is 0 Å². The molecule has 0 saturated heterocycles. The first-order valence-corrected chi connectivity index (χ1v) is 5.99. The van der Waals surface area contributed by atoms with Gasteiger partial charge < -0.3 is 4.74 Å². The summed E-state index contributed by atoms with van der Waals surface area (Å²) in [5.41, 5.74) is 1.38. The number of hydrogen-bond donors (Lipinski definition) is 0. The first-order valence-electron chi connectivity index (χ1n) is 5.99. The van der Waals surface area contributed by atoms with Crippen LogP contribution in [0.15, 0.2) is 24.3 Å². The van der Waals surface area contributed by atoms with Crippen molar-refractivity contribution in [1.29, 1.82) is 0 Å². The van der Waals surface area contributed by atoms with Gasteiger partial charge in [-0.3, -0.25) is 0 Å². The Hall–Kier alpha value is -2.24. The van der Waals surface area contributed by atoms with E-state index in [0.29, 0.717) is 18.0 Å². The van der Waals surface area contributed by atoms with Gasteiger partial charge in [-0.1, -0.05) is 12.1 Å². The van der Waals surface area contributed by atoms with Gasteiger partial charge in [0, 0.05) is 0 Å². The molecule has 0 radical (unpaired) electrons. The molecule has 0 amide bonds. The molecule has 6 heteroatoms. The summed E-state index contributed by atoms with van der Waals surface area (Å²) in [5.74, 6) is -0.822. The molecule has 2 aromatic rings. The second-order valence-electron chi connectivity index (χ2n) is 4.05. The summed E-state index contributed by atoms with van der Waals surface area (Å²) in [6.45, 7) is 3.98. The van der Waals surface area contributed by atoms with Gasteiger partial charge in [0.05, 0.1) is 18.0 Å². The van der Waals surface area contributed by atoms with E-state index in [1.807, 2.05) is 6.92 Å². The molecule has 19 heavy (non-hydrogen) atoms. The van der Waals surface area contributed by atoms with E-state index < -0.39 is 5.97 Å². The van der Waals surface area contributed by atoms with Crippen LogP contribution in [0.4, 0.5) is 4.39 Å². The van der Waals surface area contributed by atoms with Gasteiger partial charge in [-0.2, -0.15) is 0 Å². The zero-order chi connectivity index (χ0) is 13.8. The number of carbonyl (C=O) groups excluding carboxylic acids is 1. The molecule has 0 unspecified atom stereocenters. The largest absolute Gasteiger partial charge is 0.461 e. The summed E-state index contributed by atoms with van der Waals surface area (Å²) in [6.07, 6.45) is 0.747. The maximum Gasteiger partial charge on any atom is 0.360 e. The Morgan fingerprint density at radius 3 is 2.68 bits per heavy atom. The molecule has 0 bridgehead atoms. The van der Waals surface area contributed by atoms with E-state index in [0.717, 1.165) is 6.42 Å². The van der Waals surface area contributed by atoms with Crippen LogP contribution >= 0.6 is 0 Å². The van der Waals surface area contributed by atoms with Crippen LogP contribution in [0.5, 0.6) is 0 Å². The highest BCUT2D eigenvalue weighted by atomic mass is 19.1. The molecular weight excluding hydrogens is 249 g/mol. The van der Waals surface area contributed by atoms with E-state index in [-0.39, 0.29) is 11.5 Å². The Bertz CT molecular complexity index is 578. The summed E-state index contributed by atoms with van der Waals surface area (Å²) in [5, 5.41) is 7.70. The molecule has 0 N–H and O–H groups in total. The number of carbonyl (C=O) groups is 1. The third-order valence-corrected chi connectivity index (χ3v) is 2.60. The van der Waals surface area contributed by atoms with E-state index in [1.165, 1.54) is 16.8 Å². The van der Waals surface area contributed by atoms with Gasteiger partial charge in [-0.05, 0) is 37.6 Å². The van der Waals surface area contributed by atoms with Gasteiger partial charge in [0.15, 0.2) is 5.69 Å². The van der Waals surface area contributed by atoms with Crippen LogP contribution in [-0.2, 0) is 4.74 Å². The Balaban J connectivity index is 2.27. The van der Waals surface area contributed by atoms with Crippen LogP contribution in [-0.4, -0.2) is 27.6 Å². The molecule has 1 aromatic carbocycles. The first-order chi connectivity index (χ1) is 9.13. The molecule has 0 fully saturated rings. The fraction of sp³-hybridized carbons (Fsp3) is 0.308. The minimum Gasteiger partial charge on any atom is -0.461 e. The highest BCUT2D eigenvalue weighted by Gasteiger charge is 2.18. The molecular formula is C13H14FN3O2. The van der Waals surface area contributed by atoms with Crippen molar-refractivity contribution in [3.63, 3.8) is 0 Å². The Kier molecular flexibility index (Phi) is 3.89. The van der Waals surface area contributed by atoms with Gasteiger partial charge in [0.2, 0.25) is 0 Å². The number of aromatic nitrogens is 3. The summed E-state index contributed by atoms with van der Waals surface area (Å²) in [6, 6.07) is 5.79. The second kappa shape index (κ2) is 5.60. The van der Waals surface area contributed by atoms with Crippen molar-refractivity contribution in [2.75, 3.05) is 6.61 Å². The van der Waals surface area contributed by atoms with Crippen molar-refractivity contribution >= 4 is 5.97 Å². The van der Waals surface area contributed by atoms with Crippen LogP contribution < -0.4 is 0 Å². The fourth-order valence-electron chi connectivity index (χ4n) is 1.61. The highest BCUT2D eigenvalue weighted by molar-refractivity contribution is 5.88. The molecule has 0 atom stereocenters. The van der Waals surface area contributed by atoms with Crippen LogP contribution in [0, 0.1) is 12.7 Å². The second-order valence-corrected chi connectivity index (χ2v) is 4.05. The molecule has 0 saturated carbocycles. The third kappa shape index (κ3) is 2.78. The minimum atomic E-state index is -0.493. The standard InChI is InChI=1S/C13H14FN3O2/c1-3-8-19-13(18)12-9(2)17(16-15-12)11-6-4-10(14)5-7-11/h4-7H,3,8H2,1-2H3. The monoisotopic (exact) mass is 263 g/mol. The number of ether oxygens (including phenoxy) is 1. The molecule has 1 heterocycles. The van der Waals surface area contributed by atoms with Crippen molar-refractivity contribution in [3.8, 4) is 5.69 Å². The average Bonchev–Trinajstić information content (AvgIpc) is 2.79. The highest BCUT2D eigenvalue weighted by Crippen LogP contribution is 2.13. The molecule has 5 nitrogen and oxygen atoms in total. The Labute approximate surface area is 110 Å². The van der Waals surface area contributed by atoms with Crippen molar-refractivity contribution in [1.82, 2.24) is 15.0 Å². The van der Waals surface area contributed by atoms with Gasteiger partial charge in [0.1, 0.15) is 5.82 Å². The van der Waals surface area contributed by atoms with E-state index in [4.69, 9.17) is 4.74 Å². The van der Waals surface area contributed by atoms with E-state index in [1.54, 1.807) is 19.1 Å². The van der Waals surface area contributed by atoms with Gasteiger partial charge in [-0.25, -0.2) is 13.9 Å². The smallest absolute Gasteiger partial charge is 0.360 e. The quantitative estimate of drug-likeness (QED) is 0.794. The Morgan fingerprint density at radius 1 is 1.37 bits per heavy atom. The lowest BCUT2D eigenvalue weighted by atomic mass is 10.3. The molecule has 100 valence electrons. The maximum absolute atomic E-state index is 12.9. The maximum atomic E-state index is 12.9. The predicted octanol–water partition coefficient (Wildman–Crippen LogP) is 2.28. The molecule has 0 aliphatic carbocycles. The number of nitrogens with zero attached hydrogens (tertiary/aromatic N) is 3. The molecule has 0 aliphatic heterocycles. The normalized spacial score (nSPS) is 10.5. The van der Waals surface area contributed by atoms with Crippen molar-refractivity contribution in [3.05, 3.63) is 41.5 Å². The summed E-state index contributed by atoms with van der Waals surface area (Å²) >= 11 is 0. The molecule has 0 spiro atoms. The Morgan fingerprint density at radius 2 is 2.05 bits per heavy atom. The lowest BCUT2D eigenvalue weighted by Gasteiger charge is -2.03. The molecule has 2 rings (SSSR count). The zero-order valence-corrected chi connectivity index (χ0v) is 10.8. The van der Waals surface area contributed by atoms with Crippen LogP contribution in [0.2, 0.25) is 0 Å². The van der Waals surface area contributed by atoms with Crippen molar-refractivity contribution in [2.45, 2.75) is 20.3 Å². The van der Waals surface area contributed by atoms with Crippen LogP contribution in [0.3, 0.4) is 0 Å². The van der Waals surface area contributed by atoms with E-state index in [9.17, 15) is 9.18 Å². The predicted molar refractivity (Wildman–Crippen MR) is 66.6 cm³/mol. The average molecular weight is 263 g/mol. The van der Waals surface area contributed by atoms with E-state index in [2.05, 4.69) is 10.3 Å². The number of esters is 1. The number of rotatable bonds is 4. The fourth-order valence-corrected chi connectivity index (χ4v) is 1.61. The SMILES string of the molecule is CCCOC(=O)c1nnn(-c2ccc(F)cc2)c1C. The number of halogens is 1. The van der Waals surface area contributed by atoms with Crippen LogP contribution in [0.1, 0.15) is 29.5 Å². The summed E-state index contributed by atoms with van der Waals surface area (Å²) in [7, 11) is 0. The van der Waals surface area contributed by atoms with Gasteiger partial charge in [-0.15, -0.1) is 5.10 Å². The van der Waals surface area contributed by atoms with Gasteiger partial charge >= 0.3 is 5.97 Å². The lowest BCUT2D eigenvalue weighted by molar-refractivity contribution is 0.0497. The lowest BCUT2D eigenvalue weighted by Crippen LogP contribution is -2.08. The zero-order valence-electron chi connectivity index (χ0n) is 10.8. The molecule has 0 aliphatic rings. The minimum absolute atomic E-state index is 0.178. The third-order valence-electron chi connectivity index (χ3n) is 2.60. The molecule has 1 aromatic heterocycles. The summed E-state index contributed by atoms with van der Waals surface area (Å²) < 4.78 is 19.3. The topological polar surface area (TPSA) is 57.0 Å². The van der Waals surface area contributed by atoms with Crippen LogP contribution in [0.25, 0.3) is 5.69 Å². The van der Waals surface area contributed by atoms with Crippen molar-refractivity contribution < 1.29 is 13.9 Å². The first kappa shape index (κ1) is 13.2.